The third-order valence-electron chi connectivity index (χ3n) is 7.20. The summed E-state index contributed by atoms with van der Waals surface area (Å²) in [4.78, 5) is 13.4. The van der Waals surface area contributed by atoms with Gasteiger partial charge in [0.2, 0.25) is 0 Å². The van der Waals surface area contributed by atoms with E-state index in [1.807, 2.05) is 18.2 Å². The smallest absolute Gasteiger partial charge is 0.303 e. The number of benzene rings is 2. The molecule has 2 aromatic carbocycles. The molecule has 2 aliphatic rings. The van der Waals surface area contributed by atoms with Gasteiger partial charge < -0.3 is 14.6 Å². The van der Waals surface area contributed by atoms with Crippen molar-refractivity contribution >= 4 is 5.97 Å². The molecule has 1 N–H and O–H groups in total. The first kappa shape index (κ1) is 25.6. The highest BCUT2D eigenvalue weighted by Crippen LogP contribution is 2.32. The zero-order valence-corrected chi connectivity index (χ0v) is 20.7. The van der Waals surface area contributed by atoms with Crippen LogP contribution in [0, 0.1) is 0 Å². The summed E-state index contributed by atoms with van der Waals surface area (Å²) in [6, 6.07) is 19.5. The van der Waals surface area contributed by atoms with E-state index in [1.54, 1.807) is 0 Å². The Bertz CT molecular complexity index is 919. The highest BCUT2D eigenvalue weighted by molar-refractivity contribution is 5.66. The van der Waals surface area contributed by atoms with Crippen LogP contribution in [0.2, 0.25) is 0 Å². The molecule has 4 rings (SSSR count). The summed E-state index contributed by atoms with van der Waals surface area (Å²) >= 11 is 0. The van der Waals surface area contributed by atoms with Crippen molar-refractivity contribution in [2.75, 3.05) is 19.7 Å². The maximum atomic E-state index is 10.7. The molecule has 5 nitrogen and oxygen atoms in total. The fourth-order valence-electron chi connectivity index (χ4n) is 5.31. The van der Waals surface area contributed by atoms with Gasteiger partial charge in [-0.25, -0.2) is 0 Å². The largest absolute Gasteiger partial charge is 0.481 e. The Morgan fingerprint density at radius 2 is 1.60 bits per heavy atom. The van der Waals surface area contributed by atoms with E-state index in [1.165, 1.54) is 42.4 Å². The molecule has 2 aromatic rings. The van der Waals surface area contributed by atoms with Crippen LogP contribution in [0.1, 0.15) is 56.9 Å². The minimum Gasteiger partial charge on any atom is -0.481 e. The van der Waals surface area contributed by atoms with Crippen molar-refractivity contribution in [1.29, 1.82) is 0 Å². The summed E-state index contributed by atoms with van der Waals surface area (Å²) in [5.41, 5.74) is 3.61. The lowest BCUT2D eigenvalue weighted by molar-refractivity contribution is -0.136. The molecule has 1 heterocycles. The number of allylic oxidation sites excluding steroid dienone is 1. The van der Waals surface area contributed by atoms with Gasteiger partial charge in [0.15, 0.2) is 0 Å². The zero-order valence-electron chi connectivity index (χ0n) is 20.7. The molecule has 1 aliphatic carbocycles. The molecule has 0 unspecified atom stereocenters. The summed E-state index contributed by atoms with van der Waals surface area (Å²) in [7, 11) is 0. The van der Waals surface area contributed by atoms with Crippen LogP contribution >= 0.6 is 0 Å². The monoisotopic (exact) mass is 477 g/mol. The number of carboxylic acid groups (broad SMARTS) is 1. The lowest BCUT2D eigenvalue weighted by Gasteiger charge is -2.33. The average Bonchev–Trinajstić information content (AvgIpc) is 3.08. The molecule has 0 radical (unpaired) electrons. The number of aliphatic carboxylic acids is 1. The Kier molecular flexibility index (Phi) is 9.94. The van der Waals surface area contributed by atoms with Gasteiger partial charge in [0, 0.05) is 12.5 Å². The summed E-state index contributed by atoms with van der Waals surface area (Å²) in [5.74, 6) is -0.766. The van der Waals surface area contributed by atoms with Crippen LogP contribution in [-0.4, -0.2) is 53.9 Å². The van der Waals surface area contributed by atoms with Gasteiger partial charge >= 0.3 is 5.97 Å². The molecule has 1 aliphatic heterocycles. The molecule has 0 spiro atoms. The topological polar surface area (TPSA) is 59.0 Å². The fraction of sp³-hybridized carbons (Fsp3) is 0.500. The summed E-state index contributed by atoms with van der Waals surface area (Å²) in [6.07, 6.45) is 12.0. The van der Waals surface area contributed by atoms with E-state index < -0.39 is 5.97 Å². The molecule has 5 heteroatoms. The molecule has 0 bridgehead atoms. The highest BCUT2D eigenvalue weighted by atomic mass is 16.5. The van der Waals surface area contributed by atoms with Crippen LogP contribution in [0.15, 0.2) is 66.7 Å². The van der Waals surface area contributed by atoms with Crippen molar-refractivity contribution in [3.8, 4) is 11.1 Å². The van der Waals surface area contributed by atoms with Gasteiger partial charge in [0.1, 0.15) is 0 Å². The SMILES string of the molecule is O=C(O)CC/C=C\CO[C@H]1[C@H](OCc2ccc(-c3ccccc3)cc2)CC[C@@H]1N1CCCCCC1. The van der Waals surface area contributed by atoms with Crippen molar-refractivity contribution in [3.63, 3.8) is 0 Å². The number of nitrogens with zero attached hydrogens (tertiary/aromatic N) is 1. The molecule has 1 saturated carbocycles. The van der Waals surface area contributed by atoms with E-state index in [2.05, 4.69) is 53.4 Å². The number of hydrogen-bond acceptors (Lipinski definition) is 4. The predicted molar refractivity (Wildman–Crippen MR) is 139 cm³/mol. The van der Waals surface area contributed by atoms with Crippen molar-refractivity contribution < 1.29 is 19.4 Å². The van der Waals surface area contributed by atoms with Crippen LogP contribution in [0.5, 0.6) is 0 Å². The second-order valence-corrected chi connectivity index (χ2v) is 9.71. The van der Waals surface area contributed by atoms with Crippen molar-refractivity contribution in [1.82, 2.24) is 4.90 Å². The third-order valence-corrected chi connectivity index (χ3v) is 7.20. The first-order valence-corrected chi connectivity index (χ1v) is 13.2. The summed E-state index contributed by atoms with van der Waals surface area (Å²) in [6.45, 7) is 3.38. The minimum absolute atomic E-state index is 0.0424. The van der Waals surface area contributed by atoms with Crippen LogP contribution in [0.25, 0.3) is 11.1 Å². The van der Waals surface area contributed by atoms with Gasteiger partial charge in [-0.3, -0.25) is 9.69 Å². The Morgan fingerprint density at radius 1 is 0.886 bits per heavy atom. The summed E-state index contributed by atoms with van der Waals surface area (Å²) in [5, 5.41) is 8.82. The number of carbonyl (C=O) groups is 1. The predicted octanol–water partition coefficient (Wildman–Crippen LogP) is 6.08. The molecule has 0 aromatic heterocycles. The maximum absolute atomic E-state index is 10.7. The average molecular weight is 478 g/mol. The first-order chi connectivity index (χ1) is 17.2. The standard InChI is InChI=1S/C30H39NO4/c32-29(33)13-7-4-10-22-34-30-27(31-20-8-1-2-9-21-31)18-19-28(30)35-23-24-14-16-26(17-15-24)25-11-5-3-6-12-25/h3-6,10-12,14-17,27-28,30H,1-2,7-9,13,18-23H2,(H,32,33)/b10-4-/t27-,28+,30+/m0/s1. The molecular formula is C30H39NO4. The van der Waals surface area contributed by atoms with Gasteiger partial charge in [-0.1, -0.05) is 79.6 Å². The maximum Gasteiger partial charge on any atom is 0.303 e. The van der Waals surface area contributed by atoms with Crippen molar-refractivity contribution in [2.45, 2.75) is 76.2 Å². The summed E-state index contributed by atoms with van der Waals surface area (Å²) < 4.78 is 12.8. The van der Waals surface area contributed by atoms with Crippen LogP contribution < -0.4 is 0 Å². The number of rotatable bonds is 11. The molecule has 2 fully saturated rings. The molecule has 0 amide bonds. The number of ether oxygens (including phenoxy) is 2. The number of carboxylic acids is 1. The van der Waals surface area contributed by atoms with Gasteiger partial charge in [0.05, 0.1) is 25.4 Å². The fourth-order valence-corrected chi connectivity index (χ4v) is 5.31. The Balaban J connectivity index is 1.35. The van der Waals surface area contributed by atoms with Crippen molar-refractivity contribution in [2.24, 2.45) is 0 Å². The quantitative estimate of drug-likeness (QED) is 0.397. The number of likely N-dealkylation sites (tertiary alicyclic amines) is 1. The lowest BCUT2D eigenvalue weighted by Crippen LogP contribution is -2.45. The second kappa shape index (κ2) is 13.6. The van der Waals surface area contributed by atoms with Gasteiger partial charge in [-0.15, -0.1) is 0 Å². The van der Waals surface area contributed by atoms with E-state index in [9.17, 15) is 4.79 Å². The van der Waals surface area contributed by atoms with Crippen molar-refractivity contribution in [3.05, 3.63) is 72.3 Å². The molecular weight excluding hydrogens is 438 g/mol. The van der Waals surface area contributed by atoms with E-state index in [4.69, 9.17) is 14.6 Å². The van der Waals surface area contributed by atoms with E-state index in [0.29, 0.717) is 25.7 Å². The van der Waals surface area contributed by atoms with Crippen LogP contribution in [0.4, 0.5) is 0 Å². The molecule has 188 valence electrons. The second-order valence-electron chi connectivity index (χ2n) is 9.71. The van der Waals surface area contributed by atoms with Gasteiger partial charge in [-0.2, -0.15) is 0 Å². The Morgan fingerprint density at radius 3 is 2.31 bits per heavy atom. The first-order valence-electron chi connectivity index (χ1n) is 13.2. The van der Waals surface area contributed by atoms with Crippen LogP contribution in [-0.2, 0) is 20.9 Å². The molecule has 3 atom stereocenters. The third kappa shape index (κ3) is 7.76. The van der Waals surface area contributed by atoms with Crippen LogP contribution in [0.3, 0.4) is 0 Å². The Labute approximate surface area is 209 Å². The minimum atomic E-state index is -0.766. The zero-order chi connectivity index (χ0) is 24.3. The highest BCUT2D eigenvalue weighted by Gasteiger charge is 2.40. The number of hydrogen-bond donors (Lipinski definition) is 1. The van der Waals surface area contributed by atoms with Gasteiger partial charge in [0.25, 0.3) is 0 Å². The van der Waals surface area contributed by atoms with E-state index >= 15 is 0 Å². The lowest BCUT2D eigenvalue weighted by atomic mass is 10.0. The van der Waals surface area contributed by atoms with E-state index in [0.717, 1.165) is 25.9 Å². The van der Waals surface area contributed by atoms with E-state index in [-0.39, 0.29) is 18.6 Å². The molecule has 1 saturated heterocycles. The molecule has 35 heavy (non-hydrogen) atoms. The Hall–Kier alpha value is -2.47. The van der Waals surface area contributed by atoms with Gasteiger partial charge in [-0.05, 0) is 61.9 Å². The normalized spacial score (nSPS) is 23.5.